The summed E-state index contributed by atoms with van der Waals surface area (Å²) in [6, 6.07) is -0.928. The van der Waals surface area contributed by atoms with Gasteiger partial charge in [0.25, 0.3) is 0 Å². The van der Waals surface area contributed by atoms with E-state index < -0.39 is 256 Å². The number of nitrogens with two attached hydrogens (primary N) is 1. The summed E-state index contributed by atoms with van der Waals surface area (Å²) in [5, 5.41) is 135. The van der Waals surface area contributed by atoms with Gasteiger partial charge in [-0.1, -0.05) is 67.7 Å². The molecule has 112 heavy (non-hydrogen) atoms. The Morgan fingerprint density at radius 3 is 1.99 bits per heavy atom. The van der Waals surface area contributed by atoms with Crippen LogP contribution in [0.3, 0.4) is 0 Å². The second-order valence-corrected chi connectivity index (χ2v) is 29.6. The third kappa shape index (κ3) is 18.3. The van der Waals surface area contributed by atoms with Crippen LogP contribution >= 0.6 is 23.2 Å². The van der Waals surface area contributed by atoms with Crippen LogP contribution in [0.1, 0.15) is 137 Å². The number of hydrogen-bond donors (Lipinski definition) is 19. The molecule has 0 aromatic heterocycles. The van der Waals surface area contributed by atoms with Crippen LogP contribution in [-0.4, -0.2) is 203 Å². The highest BCUT2D eigenvalue weighted by molar-refractivity contribution is 6.32. The first-order valence-corrected chi connectivity index (χ1v) is 36.7. The van der Waals surface area contributed by atoms with E-state index in [2.05, 4.69) is 42.5 Å². The number of rotatable bonds is 15. The molecule has 13 rings (SSSR count). The number of alkyl carbamates (subject to hydrolysis) is 1. The number of aromatic hydroxyl groups is 3. The van der Waals surface area contributed by atoms with Gasteiger partial charge in [-0.05, 0) is 142 Å². The summed E-state index contributed by atoms with van der Waals surface area (Å²) in [5.74, 6) is -16.3. The number of aliphatic hydroxyl groups is 6. The van der Waals surface area contributed by atoms with Crippen molar-refractivity contribution >= 4 is 76.6 Å². The van der Waals surface area contributed by atoms with Crippen molar-refractivity contribution in [3.8, 4) is 57.1 Å². The van der Waals surface area contributed by atoms with E-state index in [0.29, 0.717) is 6.42 Å². The Balaban J connectivity index is 1.12. The average Bonchev–Trinajstić information content (AvgIpc) is 0.842. The minimum Gasteiger partial charge on any atom is -0.508 e. The van der Waals surface area contributed by atoms with Crippen LogP contribution in [0.2, 0.25) is 10.0 Å². The summed E-state index contributed by atoms with van der Waals surface area (Å²) < 4.78 is 44.8. The topological polar surface area (TPSA) is 543 Å². The molecule has 8 aliphatic rings. The molecule has 19 atom stereocenters. The molecule has 11 bridgehead atoms. The van der Waals surface area contributed by atoms with Gasteiger partial charge in [-0.2, -0.15) is 0 Å². The van der Waals surface area contributed by atoms with Gasteiger partial charge in [0.15, 0.2) is 29.9 Å². The Morgan fingerprint density at radius 1 is 0.714 bits per heavy atom. The van der Waals surface area contributed by atoms with E-state index in [0.717, 1.165) is 92.4 Å². The number of primary amides is 1. The molecular weight excluding hydrogens is 1510 g/mol. The Morgan fingerprint density at radius 2 is 1.36 bits per heavy atom. The Labute approximate surface area is 649 Å². The summed E-state index contributed by atoms with van der Waals surface area (Å²) in [6.07, 6.45) is -13.6. The zero-order valence-electron chi connectivity index (χ0n) is 60.8. The van der Waals surface area contributed by atoms with Crippen molar-refractivity contribution < 1.29 is 127 Å². The highest BCUT2D eigenvalue weighted by Crippen LogP contribution is 2.50. The number of allylic oxidation sites excluding steroid dienone is 1. The fourth-order valence-corrected chi connectivity index (χ4v) is 14.7. The average molecular weight is 1600 g/mol. The van der Waals surface area contributed by atoms with Crippen LogP contribution < -0.4 is 62.5 Å². The number of halogens is 2. The van der Waals surface area contributed by atoms with Gasteiger partial charge in [0.2, 0.25) is 53.4 Å². The smallest absolute Gasteiger partial charge is 0.408 e. The van der Waals surface area contributed by atoms with Gasteiger partial charge >= 0.3 is 12.1 Å². The zero-order valence-corrected chi connectivity index (χ0v) is 62.3. The Bertz CT molecular complexity index is 4480. The highest BCUT2D eigenvalue weighted by Gasteiger charge is 2.53. The van der Waals surface area contributed by atoms with Gasteiger partial charge in [0.05, 0.1) is 40.8 Å². The number of carbonyl (C=O) groups is 9. The van der Waals surface area contributed by atoms with Crippen LogP contribution in [0, 0.1) is 5.92 Å². The van der Waals surface area contributed by atoms with E-state index in [4.69, 9.17) is 62.1 Å². The van der Waals surface area contributed by atoms with Gasteiger partial charge in [-0.3, -0.25) is 33.6 Å². The molecule has 5 aromatic rings. The molecule has 35 nitrogen and oxygen atoms in total. The van der Waals surface area contributed by atoms with E-state index in [9.17, 15) is 79.8 Å². The van der Waals surface area contributed by atoms with Crippen LogP contribution in [0.25, 0.3) is 11.1 Å². The van der Waals surface area contributed by atoms with Crippen LogP contribution in [-0.2, 0) is 57.3 Å². The van der Waals surface area contributed by atoms with E-state index in [1.54, 1.807) is 6.08 Å². The van der Waals surface area contributed by atoms with Gasteiger partial charge in [0, 0.05) is 29.2 Å². The van der Waals surface area contributed by atoms with Crippen molar-refractivity contribution in [3.05, 3.63) is 129 Å². The van der Waals surface area contributed by atoms with E-state index >= 15 is 14.4 Å². The van der Waals surface area contributed by atoms with Gasteiger partial charge in [-0.25, -0.2) is 9.59 Å². The molecule has 5 aromatic carbocycles. The third-order valence-corrected chi connectivity index (χ3v) is 20.7. The normalized spacial score (nSPS) is 29.4. The minimum atomic E-state index is -2.38. The summed E-state index contributed by atoms with van der Waals surface area (Å²) in [5.41, 5.74) is 1.21. The molecule has 8 amide bonds. The third-order valence-electron chi connectivity index (χ3n) is 20.1. The molecule has 2 saturated heterocycles. The summed E-state index contributed by atoms with van der Waals surface area (Å²) >= 11 is 14.2. The standard InChI is InChI=1S/C75H87Cl2N9O26/c1-30(2)19-42(79-5)66(97)84-57-59(92)33-14-17-46(40(76)21-33)108-48-23-35-24-49(63(48)112-73-64(62(95)61(94)50(29-87)110-73)111-52-28-75(4,65(96)31(3)106-52)86-74(105)107-37-11-9-7-6-8-10-12-37)109-47-18-15-34(22-41(47)77)60(93)58-71(102)83-56(72(103)104)39-25-36(88)26-45(90)53(39)38-20-32(13-16-44(38)89)54(68(99)85-58)82-69(100)55(35)81-67(98)43(27-51(78)91)80-70(57)101/h9,11,13-18,20-26,30-31,37,42-43,50,52,54-62,64-65,73,79,87-90,92-96H,6-8,10,12,19,27-29H2,1-5H3,(H2,78,91)(H,80,101)(H,81,98)(H,82,100)(H,83,102)(H,84,97)(H,85,99)(H,86,105)(H,103,104)/b11-9+/t31-,37?,42+,43-,50+,52?,54+,55+,56-,57+,58-,59+,60+,61?,62-,64?,65+,73-,75-/m0/s1. The number of phenols is 3. The fourth-order valence-electron chi connectivity index (χ4n) is 14.2. The lowest BCUT2D eigenvalue weighted by Crippen LogP contribution is -2.66. The zero-order chi connectivity index (χ0) is 81.1. The van der Waals surface area contributed by atoms with Crippen molar-refractivity contribution in [3.63, 3.8) is 0 Å². The number of amides is 8. The lowest BCUT2D eigenvalue weighted by molar-refractivity contribution is -0.334. The minimum absolute atomic E-state index is 0.112. The number of fused-ring (bicyclic) bond motifs is 15. The number of phenolic OH excluding ortho intramolecular Hbond substituents is 3. The van der Waals surface area contributed by atoms with Crippen LogP contribution in [0.4, 0.5) is 4.79 Å². The number of ether oxygens (including phenoxy) is 7. The van der Waals surface area contributed by atoms with Gasteiger partial charge in [0.1, 0.15) is 102 Å². The van der Waals surface area contributed by atoms with Gasteiger partial charge in [-0.15, -0.1) is 0 Å². The number of aliphatic carboxylic acids is 1. The molecule has 0 radical (unpaired) electrons. The summed E-state index contributed by atoms with van der Waals surface area (Å²) in [4.78, 5) is 131. The molecular formula is C75H87Cl2N9O26. The molecule has 7 heterocycles. The molecule has 4 unspecified atom stereocenters. The number of likely N-dealkylation sites (N-methyl/N-ethyl adjacent to an activating group) is 1. The monoisotopic (exact) mass is 1600 g/mol. The summed E-state index contributed by atoms with van der Waals surface area (Å²) in [7, 11) is 1.47. The van der Waals surface area contributed by atoms with Crippen molar-refractivity contribution in [2.45, 2.75) is 194 Å². The maximum Gasteiger partial charge on any atom is 0.408 e. The van der Waals surface area contributed by atoms with Crippen molar-refractivity contribution in [1.82, 2.24) is 42.5 Å². The first-order valence-electron chi connectivity index (χ1n) is 36.0. The van der Waals surface area contributed by atoms with E-state index in [-0.39, 0.29) is 39.8 Å². The van der Waals surface area contributed by atoms with Gasteiger partial charge < -0.3 is 132 Å². The first-order chi connectivity index (χ1) is 53.1. The summed E-state index contributed by atoms with van der Waals surface area (Å²) in [6.45, 7) is 5.56. The van der Waals surface area contributed by atoms with Crippen LogP contribution in [0.5, 0.6) is 46.0 Å². The van der Waals surface area contributed by atoms with Crippen molar-refractivity contribution in [2.24, 2.45) is 11.7 Å². The van der Waals surface area contributed by atoms with Crippen molar-refractivity contribution in [2.75, 3.05) is 13.7 Å². The number of aliphatic hydroxyl groups excluding tert-OH is 6. The SMILES string of the molecule is CN[C@H](CC(C)C)C(=O)N[C@H]1C(=O)N[C@@H](CC(N)=O)C(=O)N[C@H]2C(=O)N[C@H]3C(=O)N[C@H](C(=O)N[C@H](C(=O)O)c4cc(O)cc(O)c4-c4cc3ccc4O)[C@H](O)c3ccc(c(Cl)c3)Oc3cc2cc(c3O[C@@H]2O[C@H](CO)C(O)[C@H](O)C2OC2C[C@](C)(NC(=O)OC3/C=C/CCCCC3)[C@H](O)[C@H](C)O2)Oc2ccc(cc2Cl)[C@H]1O. The van der Waals surface area contributed by atoms with Crippen LogP contribution in [0.15, 0.2) is 91.0 Å². The molecule has 1 aliphatic carbocycles. The number of nitrogens with one attached hydrogen (secondary N) is 8. The lowest BCUT2D eigenvalue weighted by atomic mass is 9.85. The number of carboxylic acids is 1. The first kappa shape index (κ1) is 82.8. The molecule has 2 fully saturated rings. The Hall–Kier alpha value is -10.1. The second-order valence-electron chi connectivity index (χ2n) is 28.8. The molecule has 20 N–H and O–H groups in total. The van der Waals surface area contributed by atoms with E-state index in [1.165, 1.54) is 33.0 Å². The lowest BCUT2D eigenvalue weighted by Gasteiger charge is -2.48. The predicted molar refractivity (Wildman–Crippen MR) is 391 cm³/mol. The van der Waals surface area contributed by atoms with E-state index in [1.807, 2.05) is 19.9 Å². The maximum atomic E-state index is 16.2. The Kier molecular flexibility index (Phi) is 25.8. The number of hydrogen-bond acceptors (Lipinski definition) is 26. The highest BCUT2D eigenvalue weighted by atomic mass is 35.5. The quantitative estimate of drug-likeness (QED) is 0.0670. The fraction of sp³-hybridized carbons (Fsp3) is 0.453. The predicted octanol–water partition coefficient (Wildman–Crippen LogP) is 2.76. The number of carboxylic acid groups (broad SMARTS) is 1. The maximum absolute atomic E-state index is 16.2. The number of benzene rings is 5. The largest absolute Gasteiger partial charge is 0.508 e. The molecule has 37 heteroatoms. The molecule has 0 saturated carbocycles. The molecule has 602 valence electrons. The van der Waals surface area contributed by atoms with Crippen molar-refractivity contribution in [1.29, 1.82) is 0 Å². The number of carbonyl (C=O) groups excluding carboxylic acids is 8. The molecule has 7 aliphatic heterocycles. The molecule has 0 spiro atoms. The second kappa shape index (κ2) is 34.9.